The van der Waals surface area contributed by atoms with E-state index in [4.69, 9.17) is 4.74 Å². The van der Waals surface area contributed by atoms with Crippen LogP contribution in [0.25, 0.3) is 0 Å². The number of urea groups is 1. The molecular formula is C9H15F3N2O2. The van der Waals surface area contributed by atoms with Gasteiger partial charge >= 0.3 is 12.2 Å². The predicted molar refractivity (Wildman–Crippen MR) is 51.0 cm³/mol. The number of nitrogens with one attached hydrogen (secondary N) is 2. The topological polar surface area (TPSA) is 50.4 Å². The molecule has 0 bridgehead atoms. The van der Waals surface area contributed by atoms with Crippen molar-refractivity contribution in [2.24, 2.45) is 5.92 Å². The van der Waals surface area contributed by atoms with Crippen LogP contribution in [0.15, 0.2) is 0 Å². The Morgan fingerprint density at radius 1 is 1.56 bits per heavy atom. The predicted octanol–water partition coefficient (Wildman–Crippen LogP) is 1.27. The lowest BCUT2D eigenvalue weighted by molar-refractivity contribution is -0.122. The van der Waals surface area contributed by atoms with Crippen LogP contribution < -0.4 is 10.6 Å². The third-order valence-electron chi connectivity index (χ3n) is 2.48. The van der Waals surface area contributed by atoms with Gasteiger partial charge in [0.15, 0.2) is 0 Å². The maximum atomic E-state index is 11.8. The SMILES string of the molecule is CC(NC(=O)NCC(F)(F)F)C1CCOC1. The normalized spacial score (nSPS) is 22.9. The van der Waals surface area contributed by atoms with Crippen LogP contribution in [-0.4, -0.2) is 38.0 Å². The smallest absolute Gasteiger partial charge is 0.381 e. The second kappa shape index (κ2) is 5.38. The second-order valence-corrected chi connectivity index (χ2v) is 3.85. The van der Waals surface area contributed by atoms with E-state index in [0.717, 1.165) is 6.42 Å². The first-order valence-corrected chi connectivity index (χ1v) is 5.07. The van der Waals surface area contributed by atoms with Crippen LogP contribution in [0, 0.1) is 5.92 Å². The van der Waals surface area contributed by atoms with Crippen molar-refractivity contribution < 1.29 is 22.7 Å². The molecule has 1 aliphatic heterocycles. The first-order chi connectivity index (χ1) is 7.38. The van der Waals surface area contributed by atoms with Crippen molar-refractivity contribution in [3.05, 3.63) is 0 Å². The van der Waals surface area contributed by atoms with E-state index in [1.807, 2.05) is 0 Å². The molecule has 1 heterocycles. The summed E-state index contributed by atoms with van der Waals surface area (Å²) < 4.78 is 40.5. The minimum Gasteiger partial charge on any atom is -0.381 e. The Hall–Kier alpha value is -0.980. The highest BCUT2D eigenvalue weighted by Gasteiger charge is 2.29. The van der Waals surface area contributed by atoms with Crippen molar-refractivity contribution in [3.8, 4) is 0 Å². The summed E-state index contributed by atoms with van der Waals surface area (Å²) in [7, 11) is 0. The maximum Gasteiger partial charge on any atom is 0.405 e. The summed E-state index contributed by atoms with van der Waals surface area (Å²) in [5.74, 6) is 0.177. The fourth-order valence-electron chi connectivity index (χ4n) is 1.50. The summed E-state index contributed by atoms with van der Waals surface area (Å²) in [5, 5.41) is 4.23. The Bertz CT molecular complexity index is 239. The lowest BCUT2D eigenvalue weighted by Gasteiger charge is -2.19. The van der Waals surface area contributed by atoms with Gasteiger partial charge in [0.05, 0.1) is 6.61 Å². The fraction of sp³-hybridized carbons (Fsp3) is 0.889. The summed E-state index contributed by atoms with van der Waals surface area (Å²) in [4.78, 5) is 11.1. The van der Waals surface area contributed by atoms with Crippen LogP contribution >= 0.6 is 0 Å². The van der Waals surface area contributed by atoms with Crippen molar-refractivity contribution in [3.63, 3.8) is 0 Å². The van der Waals surface area contributed by atoms with Crippen molar-refractivity contribution in [2.75, 3.05) is 19.8 Å². The molecule has 1 rings (SSSR count). The van der Waals surface area contributed by atoms with E-state index in [2.05, 4.69) is 5.32 Å². The van der Waals surface area contributed by atoms with Crippen molar-refractivity contribution >= 4 is 6.03 Å². The van der Waals surface area contributed by atoms with E-state index in [0.29, 0.717) is 13.2 Å². The van der Waals surface area contributed by atoms with Crippen molar-refractivity contribution in [1.82, 2.24) is 10.6 Å². The molecule has 0 radical (unpaired) electrons. The number of hydrogen-bond donors (Lipinski definition) is 2. The van der Waals surface area contributed by atoms with Gasteiger partial charge in [0.1, 0.15) is 6.54 Å². The van der Waals surface area contributed by atoms with Gasteiger partial charge in [-0.2, -0.15) is 13.2 Å². The molecule has 1 fully saturated rings. The van der Waals surface area contributed by atoms with Crippen LogP contribution in [0.3, 0.4) is 0 Å². The zero-order valence-electron chi connectivity index (χ0n) is 8.93. The molecule has 0 aliphatic carbocycles. The molecule has 2 amide bonds. The highest BCUT2D eigenvalue weighted by Crippen LogP contribution is 2.16. The summed E-state index contributed by atoms with van der Waals surface area (Å²) in [5.41, 5.74) is 0. The molecule has 0 aromatic rings. The van der Waals surface area contributed by atoms with E-state index in [9.17, 15) is 18.0 Å². The highest BCUT2D eigenvalue weighted by atomic mass is 19.4. The molecule has 7 heteroatoms. The third-order valence-corrected chi connectivity index (χ3v) is 2.48. The first kappa shape index (κ1) is 13.1. The largest absolute Gasteiger partial charge is 0.405 e. The van der Waals surface area contributed by atoms with Crippen LogP contribution in [0.5, 0.6) is 0 Å². The number of hydrogen-bond acceptors (Lipinski definition) is 2. The third kappa shape index (κ3) is 4.69. The highest BCUT2D eigenvalue weighted by molar-refractivity contribution is 5.74. The van der Waals surface area contributed by atoms with E-state index in [1.165, 1.54) is 0 Å². The number of carbonyl (C=O) groups excluding carboxylic acids is 1. The van der Waals surface area contributed by atoms with Gasteiger partial charge in [0.2, 0.25) is 0 Å². The van der Waals surface area contributed by atoms with Crippen molar-refractivity contribution in [1.29, 1.82) is 0 Å². The Labute approximate surface area is 91.5 Å². The number of carbonyl (C=O) groups is 1. The molecule has 94 valence electrons. The van der Waals surface area contributed by atoms with E-state index >= 15 is 0 Å². The van der Waals surface area contributed by atoms with E-state index < -0.39 is 18.8 Å². The number of amides is 2. The molecule has 0 aromatic heterocycles. The molecule has 2 atom stereocenters. The minimum atomic E-state index is -4.38. The van der Waals surface area contributed by atoms with Gasteiger partial charge in [0, 0.05) is 18.6 Å². The summed E-state index contributed by atoms with van der Waals surface area (Å²) in [6.45, 7) is 1.63. The van der Waals surface area contributed by atoms with Gasteiger partial charge in [-0.15, -0.1) is 0 Å². The van der Waals surface area contributed by atoms with Gasteiger partial charge in [0.25, 0.3) is 0 Å². The zero-order chi connectivity index (χ0) is 12.2. The Kier molecular flexibility index (Phi) is 4.40. The lowest BCUT2D eigenvalue weighted by atomic mass is 10.0. The molecule has 0 aromatic carbocycles. The minimum absolute atomic E-state index is 0.177. The Balaban J connectivity index is 2.22. The molecule has 0 saturated carbocycles. The zero-order valence-corrected chi connectivity index (χ0v) is 8.93. The molecule has 1 aliphatic rings. The van der Waals surface area contributed by atoms with Crippen LogP contribution in [0.1, 0.15) is 13.3 Å². The quantitative estimate of drug-likeness (QED) is 0.780. The molecule has 2 unspecified atom stereocenters. The van der Waals surface area contributed by atoms with Gasteiger partial charge in [-0.3, -0.25) is 0 Å². The molecule has 2 N–H and O–H groups in total. The number of rotatable bonds is 3. The van der Waals surface area contributed by atoms with Gasteiger partial charge in [-0.1, -0.05) is 0 Å². The van der Waals surface area contributed by atoms with Gasteiger partial charge in [-0.25, -0.2) is 4.79 Å². The standard InChI is InChI=1S/C9H15F3N2O2/c1-6(7-2-3-16-4-7)14-8(15)13-5-9(10,11)12/h6-7H,2-5H2,1H3,(H2,13,14,15). The maximum absolute atomic E-state index is 11.8. The average molecular weight is 240 g/mol. The van der Waals surface area contributed by atoms with Crippen LogP contribution in [0.4, 0.5) is 18.0 Å². The first-order valence-electron chi connectivity index (χ1n) is 5.07. The van der Waals surface area contributed by atoms with Crippen LogP contribution in [0.2, 0.25) is 0 Å². The van der Waals surface area contributed by atoms with E-state index in [-0.39, 0.29) is 12.0 Å². The Morgan fingerprint density at radius 2 is 2.25 bits per heavy atom. The molecule has 16 heavy (non-hydrogen) atoms. The Morgan fingerprint density at radius 3 is 2.75 bits per heavy atom. The summed E-state index contributed by atoms with van der Waals surface area (Å²) in [6.07, 6.45) is -3.56. The lowest BCUT2D eigenvalue weighted by Crippen LogP contribution is -2.46. The molecule has 1 saturated heterocycles. The van der Waals surface area contributed by atoms with Crippen LogP contribution in [-0.2, 0) is 4.74 Å². The summed E-state index contributed by atoms with van der Waals surface area (Å²) >= 11 is 0. The molecule has 0 spiro atoms. The van der Waals surface area contributed by atoms with Gasteiger partial charge in [-0.05, 0) is 13.3 Å². The average Bonchev–Trinajstić information content (AvgIpc) is 2.66. The summed E-state index contributed by atoms with van der Waals surface area (Å²) in [6, 6.07) is -0.979. The molecule has 4 nitrogen and oxygen atoms in total. The number of alkyl halides is 3. The molecular weight excluding hydrogens is 225 g/mol. The van der Waals surface area contributed by atoms with E-state index in [1.54, 1.807) is 12.2 Å². The van der Waals surface area contributed by atoms with Gasteiger partial charge < -0.3 is 15.4 Å². The number of halogens is 3. The van der Waals surface area contributed by atoms with Crippen molar-refractivity contribution in [2.45, 2.75) is 25.6 Å². The monoisotopic (exact) mass is 240 g/mol. The number of ether oxygens (including phenoxy) is 1. The second-order valence-electron chi connectivity index (χ2n) is 3.85. The fourth-order valence-corrected chi connectivity index (χ4v) is 1.50.